The summed E-state index contributed by atoms with van der Waals surface area (Å²) in [6.07, 6.45) is 5.33. The van der Waals surface area contributed by atoms with Crippen LogP contribution in [0.4, 0.5) is 0 Å². The van der Waals surface area contributed by atoms with Gasteiger partial charge in [-0.1, -0.05) is 68.2 Å². The summed E-state index contributed by atoms with van der Waals surface area (Å²) in [5, 5.41) is 9.18. The minimum atomic E-state index is -3.94. The van der Waals surface area contributed by atoms with Gasteiger partial charge < -0.3 is 9.30 Å². The van der Waals surface area contributed by atoms with Gasteiger partial charge in [-0.3, -0.25) is 4.79 Å². The smallest absolute Gasteiger partial charge is 0.291 e. The van der Waals surface area contributed by atoms with Crippen molar-refractivity contribution in [1.29, 1.82) is 0 Å². The van der Waals surface area contributed by atoms with Crippen molar-refractivity contribution >= 4 is 50.5 Å². The van der Waals surface area contributed by atoms with Crippen LogP contribution in [0, 0.1) is 0 Å². The van der Waals surface area contributed by atoms with Crippen molar-refractivity contribution in [3.8, 4) is 0 Å². The third-order valence-electron chi connectivity index (χ3n) is 8.20. The maximum absolute atomic E-state index is 14.3. The van der Waals surface area contributed by atoms with E-state index in [4.69, 9.17) is 9.72 Å². The summed E-state index contributed by atoms with van der Waals surface area (Å²) in [6.45, 7) is 8.12. The molecule has 46 heavy (non-hydrogen) atoms. The molecule has 6 aromatic rings. The molecule has 1 unspecified atom stereocenters. The molecule has 4 aromatic heterocycles. The largest absolute Gasteiger partial charge is 0.360 e. The van der Waals surface area contributed by atoms with Crippen LogP contribution < -0.4 is 5.56 Å². The van der Waals surface area contributed by atoms with E-state index in [1.807, 2.05) is 34.9 Å². The summed E-state index contributed by atoms with van der Waals surface area (Å²) < 4.78 is 40.4. The number of ether oxygens (including phenoxy) is 1. The van der Waals surface area contributed by atoms with Crippen LogP contribution in [0.1, 0.15) is 40.4 Å². The van der Waals surface area contributed by atoms with E-state index in [0.29, 0.717) is 40.4 Å². The van der Waals surface area contributed by atoms with Gasteiger partial charge in [0, 0.05) is 32.3 Å². The number of hydrogen-bond acceptors (Lipinski definition) is 8. The quantitative estimate of drug-likeness (QED) is 0.111. The lowest BCUT2D eigenvalue weighted by Crippen LogP contribution is -2.25. The van der Waals surface area contributed by atoms with Crippen LogP contribution >= 0.6 is 11.3 Å². The zero-order valence-corrected chi connectivity index (χ0v) is 28.7. The lowest BCUT2D eigenvalue weighted by Gasteiger charge is -2.15. The highest BCUT2D eigenvalue weighted by Gasteiger charge is 2.38. The fourth-order valence-corrected chi connectivity index (χ4v) is 9.52. The molecule has 1 aliphatic carbocycles. The van der Waals surface area contributed by atoms with Gasteiger partial charge in [0.1, 0.15) is 17.3 Å². The SMILES string of the molecule is C[Si](C)(C)CCOCn1ccc(C(c2nc3c(s2)c2cnn(Cc4ccccc4)c(=O)c2n3C2CC2)S(=O)(=O)c2ccccc2)n1. The van der Waals surface area contributed by atoms with Gasteiger partial charge in [-0.05, 0) is 42.6 Å². The van der Waals surface area contributed by atoms with Crippen LogP contribution in [0.15, 0.2) is 88.8 Å². The zero-order chi connectivity index (χ0) is 32.1. The normalized spacial score (nSPS) is 14.8. The Kier molecular flexibility index (Phi) is 8.03. The second-order valence-corrected chi connectivity index (χ2v) is 21.7. The van der Waals surface area contributed by atoms with Gasteiger partial charge in [-0.25, -0.2) is 22.8 Å². The van der Waals surface area contributed by atoms with Gasteiger partial charge in [0.25, 0.3) is 5.56 Å². The number of benzene rings is 2. The minimum Gasteiger partial charge on any atom is -0.360 e. The molecule has 0 N–H and O–H groups in total. The Hall–Kier alpha value is -3.91. The average Bonchev–Trinajstić information content (AvgIpc) is 3.48. The monoisotopic (exact) mass is 672 g/mol. The number of rotatable bonds is 12. The van der Waals surface area contributed by atoms with Crippen LogP contribution in [0.5, 0.6) is 0 Å². The van der Waals surface area contributed by atoms with E-state index in [1.165, 1.54) is 16.0 Å². The third-order valence-corrected chi connectivity index (χ3v) is 13.2. The van der Waals surface area contributed by atoms with Crippen molar-refractivity contribution in [3.05, 3.63) is 106 Å². The third kappa shape index (κ3) is 5.99. The van der Waals surface area contributed by atoms with E-state index in [1.54, 1.807) is 53.5 Å². The molecular formula is C33H36N6O4S2Si. The van der Waals surface area contributed by atoms with E-state index in [-0.39, 0.29) is 23.2 Å². The Morgan fingerprint density at radius 3 is 2.43 bits per heavy atom. The summed E-state index contributed by atoms with van der Waals surface area (Å²) in [4.78, 5) is 19.0. The van der Waals surface area contributed by atoms with Crippen molar-refractivity contribution in [2.75, 3.05) is 6.61 Å². The Morgan fingerprint density at radius 2 is 1.74 bits per heavy atom. The number of hydrogen-bond donors (Lipinski definition) is 0. The molecule has 1 atom stereocenters. The first-order valence-electron chi connectivity index (χ1n) is 15.4. The second-order valence-electron chi connectivity index (χ2n) is 13.0. The van der Waals surface area contributed by atoms with Crippen molar-refractivity contribution in [3.63, 3.8) is 0 Å². The Labute approximate surface area is 272 Å². The second kappa shape index (κ2) is 12.0. The number of nitrogens with zero attached hydrogens (tertiary/aromatic N) is 6. The van der Waals surface area contributed by atoms with Crippen LogP contribution in [0.25, 0.3) is 21.3 Å². The van der Waals surface area contributed by atoms with Gasteiger partial charge in [0.05, 0.1) is 28.0 Å². The highest BCUT2D eigenvalue weighted by atomic mass is 32.2. The highest BCUT2D eigenvalue weighted by Crippen LogP contribution is 2.45. The molecule has 0 aliphatic heterocycles. The van der Waals surface area contributed by atoms with E-state index in [0.717, 1.165) is 29.1 Å². The zero-order valence-electron chi connectivity index (χ0n) is 26.0. The van der Waals surface area contributed by atoms with Crippen molar-refractivity contribution in [2.45, 2.75) is 68.0 Å². The molecule has 0 spiro atoms. The first-order valence-corrected chi connectivity index (χ1v) is 21.5. The van der Waals surface area contributed by atoms with Gasteiger partial charge >= 0.3 is 0 Å². The van der Waals surface area contributed by atoms with Crippen LogP contribution in [-0.2, 0) is 27.8 Å². The molecule has 4 heterocycles. The number of thiazole rings is 1. The summed E-state index contributed by atoms with van der Waals surface area (Å²) in [6, 6.07) is 21.1. The maximum Gasteiger partial charge on any atom is 0.291 e. The predicted octanol–water partition coefficient (Wildman–Crippen LogP) is 6.26. The molecule has 10 nitrogen and oxygen atoms in total. The van der Waals surface area contributed by atoms with Gasteiger partial charge in [0.2, 0.25) is 0 Å². The molecule has 0 amide bonds. The number of fused-ring (bicyclic) bond motifs is 3. The molecular weight excluding hydrogens is 637 g/mol. The molecule has 0 bridgehead atoms. The molecule has 238 valence electrons. The fourth-order valence-electron chi connectivity index (χ4n) is 5.61. The van der Waals surface area contributed by atoms with Gasteiger partial charge in [-0.2, -0.15) is 10.2 Å². The van der Waals surface area contributed by atoms with E-state index < -0.39 is 23.2 Å². The Balaban J connectivity index is 1.31. The van der Waals surface area contributed by atoms with Crippen molar-refractivity contribution < 1.29 is 13.2 Å². The number of aromatic nitrogens is 6. The molecule has 1 saturated carbocycles. The molecule has 2 aromatic carbocycles. The van der Waals surface area contributed by atoms with Crippen LogP contribution in [-0.4, -0.2) is 52.2 Å². The van der Waals surface area contributed by atoms with E-state index in [2.05, 4.69) is 29.8 Å². The minimum absolute atomic E-state index is 0.131. The molecule has 0 radical (unpaired) electrons. The predicted molar refractivity (Wildman–Crippen MR) is 183 cm³/mol. The molecule has 7 rings (SSSR count). The lowest BCUT2D eigenvalue weighted by molar-refractivity contribution is 0.0783. The standard InChI is InChI=1S/C33H36N6O4S2Si/c1-46(2,3)19-18-43-22-37-17-16-27(36-37)30(45(41,42)25-12-8-5-9-13-25)32-35-31-29(44-32)26-20-34-38(21-23-10-6-4-7-11-23)33(40)28(26)39(31)24-14-15-24/h4-13,16-17,20,24,30H,14-15,18-19,21-22H2,1-3H3. The summed E-state index contributed by atoms with van der Waals surface area (Å²) in [5.74, 6) is 0. The summed E-state index contributed by atoms with van der Waals surface area (Å²) in [7, 11) is -5.18. The maximum atomic E-state index is 14.3. The van der Waals surface area contributed by atoms with Crippen molar-refractivity contribution in [1.82, 2.24) is 29.1 Å². The summed E-state index contributed by atoms with van der Waals surface area (Å²) >= 11 is 1.29. The molecule has 1 aliphatic rings. The van der Waals surface area contributed by atoms with Gasteiger partial charge in [-0.15, -0.1) is 11.3 Å². The number of sulfone groups is 1. The molecule has 13 heteroatoms. The van der Waals surface area contributed by atoms with Crippen LogP contribution in [0.2, 0.25) is 25.7 Å². The molecule has 1 fully saturated rings. The first-order chi connectivity index (χ1) is 22.1. The topological polar surface area (TPSA) is 114 Å². The fraction of sp³-hybridized carbons (Fsp3) is 0.333. The summed E-state index contributed by atoms with van der Waals surface area (Å²) in [5.41, 5.74) is 2.37. The van der Waals surface area contributed by atoms with Gasteiger partial charge in [0.15, 0.2) is 20.7 Å². The van der Waals surface area contributed by atoms with E-state index in [9.17, 15) is 13.2 Å². The van der Waals surface area contributed by atoms with E-state index >= 15 is 0 Å². The Morgan fingerprint density at radius 1 is 1.02 bits per heavy atom. The first kappa shape index (κ1) is 30.7. The average molecular weight is 673 g/mol. The highest BCUT2D eigenvalue weighted by molar-refractivity contribution is 7.92. The molecule has 0 saturated heterocycles. The lowest BCUT2D eigenvalue weighted by atomic mass is 10.2. The Bertz CT molecular complexity index is 2180. The van der Waals surface area contributed by atoms with Crippen molar-refractivity contribution in [2.24, 2.45) is 0 Å². The van der Waals surface area contributed by atoms with Crippen LogP contribution in [0.3, 0.4) is 0 Å².